The molecule has 3 amide bonds. The third kappa shape index (κ3) is 5.66. The number of nitrogens with one attached hydrogen (secondary N) is 2. The Morgan fingerprint density at radius 2 is 1.59 bits per heavy atom. The third-order valence-corrected chi connectivity index (χ3v) is 4.80. The third-order valence-electron chi connectivity index (χ3n) is 4.80. The second-order valence-corrected chi connectivity index (χ2v) is 7.01. The highest BCUT2D eigenvalue weighted by Gasteiger charge is 2.31. The molecule has 0 spiro atoms. The van der Waals surface area contributed by atoms with Crippen LogP contribution in [0, 0.1) is 5.92 Å². The highest BCUT2D eigenvalue weighted by molar-refractivity contribution is 5.96. The monoisotopic (exact) mass is 368 g/mol. The Morgan fingerprint density at radius 1 is 0.963 bits per heavy atom. The van der Waals surface area contributed by atoms with E-state index in [0.717, 1.165) is 12.0 Å². The molecular formula is C22H30N3O2+. The van der Waals surface area contributed by atoms with E-state index in [-0.39, 0.29) is 11.9 Å². The van der Waals surface area contributed by atoms with Gasteiger partial charge in [0.15, 0.2) is 6.04 Å². The molecule has 0 aliphatic carbocycles. The van der Waals surface area contributed by atoms with Gasteiger partial charge in [-0.15, -0.1) is 0 Å². The van der Waals surface area contributed by atoms with Gasteiger partial charge in [0.1, 0.15) is 6.04 Å². The number of rotatable bonds is 7. The fraction of sp³-hybridized carbons (Fsp3) is 0.364. The van der Waals surface area contributed by atoms with E-state index in [1.165, 1.54) is 18.2 Å². The molecule has 0 aliphatic rings. The first-order valence-electron chi connectivity index (χ1n) is 9.47. The van der Waals surface area contributed by atoms with E-state index in [4.69, 9.17) is 0 Å². The van der Waals surface area contributed by atoms with E-state index < -0.39 is 12.1 Å². The lowest BCUT2D eigenvalue weighted by Crippen LogP contribution is -2.89. The topological polar surface area (TPSA) is 74.8 Å². The molecule has 0 aromatic heterocycles. The molecule has 2 aromatic rings. The normalized spacial score (nSPS) is 13.1. The molecule has 5 heteroatoms. The summed E-state index contributed by atoms with van der Waals surface area (Å²) < 4.78 is 0. The van der Waals surface area contributed by atoms with Crippen LogP contribution in [0.25, 0.3) is 0 Å². The molecule has 0 bridgehead atoms. The minimum Gasteiger partial charge on any atom is -0.341 e. The van der Waals surface area contributed by atoms with Gasteiger partial charge in [-0.3, -0.25) is 10.1 Å². The molecule has 0 unspecified atom stereocenters. The molecule has 0 saturated heterocycles. The number of nitrogens with two attached hydrogens (primary N) is 1. The van der Waals surface area contributed by atoms with Crippen LogP contribution >= 0.6 is 0 Å². The van der Waals surface area contributed by atoms with Crippen LogP contribution in [0.3, 0.4) is 0 Å². The Labute approximate surface area is 161 Å². The van der Waals surface area contributed by atoms with Gasteiger partial charge < -0.3 is 10.6 Å². The van der Waals surface area contributed by atoms with Gasteiger partial charge in [0.25, 0.3) is 5.91 Å². The maximum Gasteiger partial charge on any atom is 0.321 e. The largest absolute Gasteiger partial charge is 0.341 e. The molecule has 2 aromatic carbocycles. The summed E-state index contributed by atoms with van der Waals surface area (Å²) in [6, 6.07) is 17.2. The van der Waals surface area contributed by atoms with Gasteiger partial charge in [0.2, 0.25) is 0 Å². The minimum atomic E-state index is -0.512. The lowest BCUT2D eigenvalue weighted by Gasteiger charge is -2.25. The van der Waals surface area contributed by atoms with Crippen molar-refractivity contribution in [1.29, 1.82) is 0 Å². The van der Waals surface area contributed by atoms with Gasteiger partial charge in [-0.25, -0.2) is 4.79 Å². The molecule has 0 heterocycles. The van der Waals surface area contributed by atoms with Crippen molar-refractivity contribution in [2.45, 2.75) is 39.3 Å². The highest BCUT2D eigenvalue weighted by Crippen LogP contribution is 2.21. The van der Waals surface area contributed by atoms with Gasteiger partial charge in [-0.1, -0.05) is 75.4 Å². The van der Waals surface area contributed by atoms with Crippen molar-refractivity contribution >= 4 is 11.9 Å². The number of carbonyl (C=O) groups excluding carboxylic acids is 2. The van der Waals surface area contributed by atoms with E-state index in [9.17, 15) is 9.59 Å². The molecular weight excluding hydrogens is 338 g/mol. The maximum atomic E-state index is 12.8. The zero-order valence-electron chi connectivity index (χ0n) is 16.5. The van der Waals surface area contributed by atoms with Crippen LogP contribution < -0.4 is 16.0 Å². The number of hydrogen-bond donors (Lipinski definition) is 3. The molecule has 0 saturated carbocycles. The Bertz CT molecular complexity index is 742. The summed E-state index contributed by atoms with van der Waals surface area (Å²) in [6.45, 7) is 6.43. The average molecular weight is 369 g/mol. The van der Waals surface area contributed by atoms with Gasteiger partial charge >= 0.3 is 6.03 Å². The lowest BCUT2D eigenvalue weighted by atomic mass is 9.93. The number of imide groups is 1. The predicted molar refractivity (Wildman–Crippen MR) is 107 cm³/mol. The number of hydrogen-bond acceptors (Lipinski definition) is 2. The Balaban J connectivity index is 2.32. The van der Waals surface area contributed by atoms with Gasteiger partial charge in [-0.05, 0) is 12.0 Å². The second-order valence-electron chi connectivity index (χ2n) is 7.01. The number of aryl methyl sites for hydroxylation is 1. The first kappa shape index (κ1) is 20.6. The number of carbonyl (C=O) groups is 2. The van der Waals surface area contributed by atoms with Crippen LogP contribution in [0.2, 0.25) is 0 Å². The van der Waals surface area contributed by atoms with E-state index in [1.54, 1.807) is 0 Å². The molecule has 144 valence electrons. The van der Waals surface area contributed by atoms with Crippen LogP contribution in [0.5, 0.6) is 0 Å². The fourth-order valence-corrected chi connectivity index (χ4v) is 3.16. The summed E-state index contributed by atoms with van der Waals surface area (Å²) >= 11 is 0. The Hall–Kier alpha value is -2.66. The van der Waals surface area contributed by atoms with E-state index in [2.05, 4.69) is 61.0 Å². The lowest BCUT2D eigenvalue weighted by molar-refractivity contribution is -0.728. The predicted octanol–water partition coefficient (Wildman–Crippen LogP) is 2.71. The quantitative estimate of drug-likeness (QED) is 0.703. The minimum absolute atomic E-state index is 0.0940. The smallest absolute Gasteiger partial charge is 0.321 e. The van der Waals surface area contributed by atoms with Crippen LogP contribution in [-0.2, 0) is 11.2 Å². The summed E-state index contributed by atoms with van der Waals surface area (Å²) in [5.41, 5.74) is 3.34. The van der Waals surface area contributed by atoms with E-state index in [0.29, 0.717) is 5.92 Å². The van der Waals surface area contributed by atoms with Crippen molar-refractivity contribution in [3.05, 3.63) is 71.3 Å². The van der Waals surface area contributed by atoms with Crippen molar-refractivity contribution in [3.8, 4) is 0 Å². The van der Waals surface area contributed by atoms with E-state index in [1.807, 2.05) is 30.3 Å². The number of quaternary nitrogens is 1. The Morgan fingerprint density at radius 3 is 2.11 bits per heavy atom. The molecule has 2 rings (SSSR count). The van der Waals surface area contributed by atoms with Crippen molar-refractivity contribution in [2.75, 3.05) is 7.05 Å². The highest BCUT2D eigenvalue weighted by atomic mass is 16.2. The molecule has 0 radical (unpaired) electrons. The molecule has 2 atom stereocenters. The van der Waals surface area contributed by atoms with Crippen LogP contribution in [0.4, 0.5) is 4.79 Å². The second kappa shape index (κ2) is 9.88. The van der Waals surface area contributed by atoms with Gasteiger partial charge in [-0.2, -0.15) is 0 Å². The molecule has 5 nitrogen and oxygen atoms in total. The molecule has 27 heavy (non-hydrogen) atoms. The Kier molecular flexibility index (Phi) is 7.55. The van der Waals surface area contributed by atoms with Crippen molar-refractivity contribution in [3.63, 3.8) is 0 Å². The summed E-state index contributed by atoms with van der Waals surface area (Å²) in [4.78, 5) is 24.5. The van der Waals surface area contributed by atoms with Gasteiger partial charge in [0.05, 0.1) is 0 Å². The zero-order chi connectivity index (χ0) is 19.8. The fourth-order valence-electron chi connectivity index (χ4n) is 3.16. The van der Waals surface area contributed by atoms with Crippen LogP contribution in [0.1, 0.15) is 49.5 Å². The zero-order valence-corrected chi connectivity index (χ0v) is 16.5. The number of urea groups is 1. The summed E-state index contributed by atoms with van der Waals surface area (Å²) in [5.74, 6) is -0.00660. The summed E-state index contributed by atoms with van der Waals surface area (Å²) in [7, 11) is 1.50. The van der Waals surface area contributed by atoms with Crippen molar-refractivity contribution in [1.82, 2.24) is 10.6 Å². The molecule has 0 fully saturated rings. The first-order valence-corrected chi connectivity index (χ1v) is 9.47. The number of amides is 3. The van der Waals surface area contributed by atoms with Gasteiger partial charge in [0, 0.05) is 24.1 Å². The summed E-state index contributed by atoms with van der Waals surface area (Å²) in [6.07, 6.45) is 0.998. The average Bonchev–Trinajstić information content (AvgIpc) is 2.69. The van der Waals surface area contributed by atoms with Crippen molar-refractivity contribution < 1.29 is 14.9 Å². The molecule has 0 aliphatic heterocycles. The van der Waals surface area contributed by atoms with Crippen LogP contribution in [-0.4, -0.2) is 19.0 Å². The maximum absolute atomic E-state index is 12.8. The SMILES string of the molecule is CCc1ccc([C@H]([NH2+][C@H](C(=O)NC(=O)NC)c2ccccc2)C(C)C)cc1. The van der Waals surface area contributed by atoms with E-state index >= 15 is 0 Å². The van der Waals surface area contributed by atoms with Crippen LogP contribution in [0.15, 0.2) is 54.6 Å². The first-order chi connectivity index (χ1) is 13.0. The standard InChI is InChI=1S/C22H29N3O2/c1-5-16-11-13-18(14-12-16)19(15(2)3)24-20(17-9-7-6-8-10-17)21(26)25-22(27)23-4/h6-15,19-20,24H,5H2,1-4H3,(H2,23,25,26,27)/p+1/t19-,20+/m1/s1. The number of benzene rings is 2. The van der Waals surface area contributed by atoms with Crippen molar-refractivity contribution in [2.24, 2.45) is 5.92 Å². The summed E-state index contributed by atoms with van der Waals surface area (Å²) in [5, 5.41) is 6.91. The molecule has 4 N–H and O–H groups in total.